The average molecular weight is 320 g/mol. The Balaban J connectivity index is 2.42. The number of thiophene rings is 1. The molecule has 1 aromatic heterocycles. The molecule has 0 aliphatic rings. The summed E-state index contributed by atoms with van der Waals surface area (Å²) >= 11 is 10.3. The summed E-state index contributed by atoms with van der Waals surface area (Å²) in [5, 5.41) is 3.51. The summed E-state index contributed by atoms with van der Waals surface area (Å²) in [6.45, 7) is 0. The van der Waals surface area contributed by atoms with Crippen LogP contribution in [0, 0.1) is 5.82 Å². The number of benzene rings is 1. The number of halogens is 3. The molecule has 0 atom stereocenters. The topological polar surface area (TPSA) is 17.1 Å². The molecule has 5 heteroatoms. The first-order valence-corrected chi connectivity index (χ1v) is 6.42. The van der Waals surface area contributed by atoms with Crippen molar-refractivity contribution in [3.8, 4) is 0 Å². The molecule has 2 rings (SSSR count). The van der Waals surface area contributed by atoms with Crippen molar-refractivity contribution in [1.29, 1.82) is 0 Å². The Bertz CT molecular complexity index is 553. The fraction of sp³-hybridized carbons (Fsp3) is 0. The Hall–Kier alpha value is -0.710. The normalized spacial score (nSPS) is 10.4. The molecular formula is C11H5BrClFOS. The lowest BCUT2D eigenvalue weighted by Crippen LogP contribution is -2.00. The van der Waals surface area contributed by atoms with E-state index in [0.717, 1.165) is 4.47 Å². The molecule has 0 saturated carbocycles. The van der Waals surface area contributed by atoms with Gasteiger partial charge in [-0.2, -0.15) is 11.3 Å². The van der Waals surface area contributed by atoms with Gasteiger partial charge >= 0.3 is 0 Å². The van der Waals surface area contributed by atoms with Crippen molar-refractivity contribution in [2.45, 2.75) is 0 Å². The molecule has 0 bridgehead atoms. The van der Waals surface area contributed by atoms with Gasteiger partial charge in [-0.15, -0.1) is 0 Å². The first-order chi connectivity index (χ1) is 7.59. The molecule has 0 fully saturated rings. The predicted octanol–water partition coefficient (Wildman–Crippen LogP) is 4.53. The van der Waals surface area contributed by atoms with Crippen molar-refractivity contribution >= 4 is 44.7 Å². The van der Waals surface area contributed by atoms with Crippen molar-refractivity contribution in [3.63, 3.8) is 0 Å². The minimum Gasteiger partial charge on any atom is -0.289 e. The lowest BCUT2D eigenvalue weighted by molar-refractivity contribution is 0.103. The molecule has 0 N–H and O–H groups in total. The third-order valence-electron chi connectivity index (χ3n) is 2.04. The molecule has 2 aromatic rings. The molecule has 0 radical (unpaired) electrons. The summed E-state index contributed by atoms with van der Waals surface area (Å²) < 4.78 is 13.7. The number of hydrogen-bond donors (Lipinski definition) is 0. The van der Waals surface area contributed by atoms with Crippen LogP contribution in [0.5, 0.6) is 0 Å². The standard InChI is InChI=1S/C11H5BrClFOS/c12-8-5-16-4-7(8)11(15)6-1-2-10(14)9(13)3-6/h1-5H. The molecule has 1 aromatic carbocycles. The maximum absolute atomic E-state index is 12.9. The van der Waals surface area contributed by atoms with Gasteiger partial charge in [0, 0.05) is 26.4 Å². The first-order valence-electron chi connectivity index (χ1n) is 4.31. The predicted molar refractivity (Wildman–Crippen MR) is 66.9 cm³/mol. The molecule has 0 aliphatic carbocycles. The highest BCUT2D eigenvalue weighted by molar-refractivity contribution is 9.10. The van der Waals surface area contributed by atoms with Crippen molar-refractivity contribution in [2.24, 2.45) is 0 Å². The lowest BCUT2D eigenvalue weighted by Gasteiger charge is -2.01. The van der Waals surface area contributed by atoms with E-state index < -0.39 is 5.82 Å². The van der Waals surface area contributed by atoms with E-state index >= 15 is 0 Å². The summed E-state index contributed by atoms with van der Waals surface area (Å²) in [5.41, 5.74) is 0.943. The quantitative estimate of drug-likeness (QED) is 0.743. The van der Waals surface area contributed by atoms with Gasteiger partial charge in [-0.1, -0.05) is 11.6 Å². The summed E-state index contributed by atoms with van der Waals surface area (Å²) in [4.78, 5) is 12.0. The first kappa shape index (κ1) is 11.8. The molecule has 1 heterocycles. The number of carbonyl (C=O) groups excluding carboxylic acids is 1. The van der Waals surface area contributed by atoms with Gasteiger partial charge in [0.2, 0.25) is 0 Å². The van der Waals surface area contributed by atoms with E-state index in [1.165, 1.54) is 29.5 Å². The molecule has 82 valence electrons. The molecule has 0 unspecified atom stereocenters. The maximum Gasteiger partial charge on any atom is 0.195 e. The third-order valence-corrected chi connectivity index (χ3v) is 4.03. The highest BCUT2D eigenvalue weighted by atomic mass is 79.9. The fourth-order valence-corrected chi connectivity index (χ4v) is 2.87. The summed E-state index contributed by atoms with van der Waals surface area (Å²) in [6.07, 6.45) is 0. The van der Waals surface area contributed by atoms with Gasteiger partial charge in [-0.25, -0.2) is 4.39 Å². The van der Waals surface area contributed by atoms with Crippen LogP contribution in [0.2, 0.25) is 5.02 Å². The minimum absolute atomic E-state index is 0.0443. The molecule has 16 heavy (non-hydrogen) atoms. The zero-order valence-corrected chi connectivity index (χ0v) is 11.0. The highest BCUT2D eigenvalue weighted by Crippen LogP contribution is 2.25. The second-order valence-corrected chi connectivity index (χ2v) is 5.10. The number of rotatable bonds is 2. The largest absolute Gasteiger partial charge is 0.289 e. The van der Waals surface area contributed by atoms with Crippen LogP contribution in [0.1, 0.15) is 15.9 Å². The van der Waals surface area contributed by atoms with E-state index in [-0.39, 0.29) is 10.8 Å². The van der Waals surface area contributed by atoms with Crippen LogP contribution < -0.4 is 0 Å². The van der Waals surface area contributed by atoms with Crippen molar-refractivity contribution < 1.29 is 9.18 Å². The van der Waals surface area contributed by atoms with Gasteiger partial charge in [0.25, 0.3) is 0 Å². The van der Waals surface area contributed by atoms with Crippen molar-refractivity contribution in [1.82, 2.24) is 0 Å². The van der Waals surface area contributed by atoms with Crippen molar-refractivity contribution in [3.05, 3.63) is 55.4 Å². The average Bonchev–Trinajstić information content (AvgIpc) is 2.67. The smallest absolute Gasteiger partial charge is 0.195 e. The Morgan fingerprint density at radius 2 is 2.12 bits per heavy atom. The Morgan fingerprint density at radius 1 is 1.38 bits per heavy atom. The minimum atomic E-state index is -0.525. The van der Waals surface area contributed by atoms with E-state index in [0.29, 0.717) is 11.1 Å². The fourth-order valence-electron chi connectivity index (χ4n) is 1.24. The summed E-state index contributed by atoms with van der Waals surface area (Å²) in [6, 6.07) is 3.95. The van der Waals surface area contributed by atoms with E-state index in [2.05, 4.69) is 15.9 Å². The molecule has 0 aliphatic heterocycles. The number of ketones is 1. The summed E-state index contributed by atoms with van der Waals surface area (Å²) in [5.74, 6) is -0.697. The molecule has 0 amide bonds. The zero-order valence-electron chi connectivity index (χ0n) is 7.84. The van der Waals surface area contributed by atoms with Gasteiger partial charge in [0.15, 0.2) is 5.78 Å². The van der Waals surface area contributed by atoms with Crippen LogP contribution in [-0.2, 0) is 0 Å². The Kier molecular flexibility index (Phi) is 3.42. The van der Waals surface area contributed by atoms with Crippen LogP contribution >= 0.6 is 38.9 Å². The Labute approximate surface area is 109 Å². The van der Waals surface area contributed by atoms with E-state index in [9.17, 15) is 9.18 Å². The lowest BCUT2D eigenvalue weighted by atomic mass is 10.1. The number of carbonyl (C=O) groups is 1. The van der Waals surface area contributed by atoms with Crippen LogP contribution in [-0.4, -0.2) is 5.78 Å². The van der Waals surface area contributed by atoms with E-state index in [1.54, 1.807) is 5.38 Å². The molecule has 1 nitrogen and oxygen atoms in total. The van der Waals surface area contributed by atoms with Crippen LogP contribution in [0.3, 0.4) is 0 Å². The zero-order chi connectivity index (χ0) is 11.7. The van der Waals surface area contributed by atoms with Gasteiger partial charge in [0.1, 0.15) is 5.82 Å². The molecular weight excluding hydrogens is 315 g/mol. The van der Waals surface area contributed by atoms with E-state index in [1.807, 2.05) is 5.38 Å². The third kappa shape index (κ3) is 2.19. The van der Waals surface area contributed by atoms with Crippen molar-refractivity contribution in [2.75, 3.05) is 0 Å². The highest BCUT2D eigenvalue weighted by Gasteiger charge is 2.14. The second-order valence-electron chi connectivity index (χ2n) is 3.09. The Morgan fingerprint density at radius 3 is 2.69 bits per heavy atom. The van der Waals surface area contributed by atoms with Gasteiger partial charge in [-0.3, -0.25) is 4.79 Å². The van der Waals surface area contributed by atoms with Crippen LogP contribution in [0.4, 0.5) is 4.39 Å². The molecule has 0 saturated heterocycles. The molecule has 0 spiro atoms. The monoisotopic (exact) mass is 318 g/mol. The van der Waals surface area contributed by atoms with Crippen LogP contribution in [0.25, 0.3) is 0 Å². The SMILES string of the molecule is O=C(c1ccc(F)c(Cl)c1)c1cscc1Br. The number of hydrogen-bond acceptors (Lipinski definition) is 2. The summed E-state index contributed by atoms with van der Waals surface area (Å²) in [7, 11) is 0. The van der Waals surface area contributed by atoms with E-state index in [4.69, 9.17) is 11.6 Å². The van der Waals surface area contributed by atoms with Crippen LogP contribution in [0.15, 0.2) is 33.4 Å². The maximum atomic E-state index is 12.9. The van der Waals surface area contributed by atoms with Gasteiger partial charge < -0.3 is 0 Å². The second kappa shape index (κ2) is 4.65. The van der Waals surface area contributed by atoms with Gasteiger partial charge in [-0.05, 0) is 34.1 Å². The van der Waals surface area contributed by atoms with Gasteiger partial charge in [0.05, 0.1) is 5.02 Å².